The zero-order valence-corrected chi connectivity index (χ0v) is 21.6. The number of fused-ring (bicyclic) bond motifs is 14. The summed E-state index contributed by atoms with van der Waals surface area (Å²) in [4.78, 5) is 22.9. The third-order valence-electron chi connectivity index (χ3n) is 11.3. The van der Waals surface area contributed by atoms with Gasteiger partial charge in [-0.1, -0.05) is 13.2 Å². The van der Waals surface area contributed by atoms with Gasteiger partial charge in [-0.3, -0.25) is 0 Å². The zero-order valence-electron chi connectivity index (χ0n) is 21.6. The van der Waals surface area contributed by atoms with Gasteiger partial charge in [0.2, 0.25) is 0 Å². The summed E-state index contributed by atoms with van der Waals surface area (Å²) in [5, 5.41) is 0. The molecule has 14 atom stereocenters. The van der Waals surface area contributed by atoms with Gasteiger partial charge in [-0.25, -0.2) is 9.59 Å². The number of esters is 2. The lowest BCUT2D eigenvalue weighted by molar-refractivity contribution is -0.142. The van der Waals surface area contributed by atoms with E-state index >= 15 is 0 Å². The fraction of sp³-hybridized carbons (Fsp3) is 0.800. The van der Waals surface area contributed by atoms with Gasteiger partial charge in [0.15, 0.2) is 0 Å². The highest BCUT2D eigenvalue weighted by molar-refractivity contribution is 5.87. The molecule has 0 N–H and O–H groups in total. The molecule has 6 aliphatic carbocycles. The fourth-order valence-electron chi connectivity index (χ4n) is 9.91. The van der Waals surface area contributed by atoms with E-state index in [-0.39, 0.29) is 11.9 Å². The monoisotopic (exact) mass is 496 g/mol. The van der Waals surface area contributed by atoms with E-state index in [1.807, 2.05) is 0 Å². The molecule has 0 aromatic carbocycles. The van der Waals surface area contributed by atoms with Gasteiger partial charge in [-0.2, -0.15) is 0 Å². The second kappa shape index (κ2) is 8.42. The molecule has 0 spiro atoms. The lowest BCUT2D eigenvalue weighted by Crippen LogP contribution is -2.31. The van der Waals surface area contributed by atoms with E-state index in [1.54, 1.807) is 13.8 Å². The first-order chi connectivity index (χ1) is 17.3. The maximum atomic E-state index is 11.5. The topological polar surface area (TPSA) is 77.7 Å². The Morgan fingerprint density at radius 1 is 0.667 bits per heavy atom. The molecule has 0 aromatic rings. The second-order valence-electron chi connectivity index (χ2n) is 13.3. The van der Waals surface area contributed by atoms with E-state index in [9.17, 15) is 9.59 Å². The molecule has 14 unspecified atom stereocenters. The van der Waals surface area contributed by atoms with Gasteiger partial charge in [0.25, 0.3) is 0 Å². The SMILES string of the molecule is C=C(C)C(=O)OCC1CC2CC1C1C2CC2OC21.C=C(C)C(=O)OCC1CC2CC1C1CC3OC3C21. The van der Waals surface area contributed by atoms with Gasteiger partial charge in [0, 0.05) is 11.1 Å². The molecule has 196 valence electrons. The van der Waals surface area contributed by atoms with E-state index in [1.165, 1.54) is 38.5 Å². The molecule has 2 saturated heterocycles. The molecule has 36 heavy (non-hydrogen) atoms. The van der Waals surface area contributed by atoms with Crippen LogP contribution in [-0.4, -0.2) is 49.6 Å². The van der Waals surface area contributed by atoms with E-state index in [0.29, 0.717) is 60.6 Å². The summed E-state index contributed by atoms with van der Waals surface area (Å²) in [6.07, 6.45) is 10.1. The summed E-state index contributed by atoms with van der Waals surface area (Å²) >= 11 is 0. The van der Waals surface area contributed by atoms with Crippen molar-refractivity contribution in [3.63, 3.8) is 0 Å². The normalized spacial score (nSPS) is 50.8. The Morgan fingerprint density at radius 2 is 1.19 bits per heavy atom. The molecule has 8 rings (SSSR count). The van der Waals surface area contributed by atoms with Crippen molar-refractivity contribution in [3.05, 3.63) is 24.3 Å². The average molecular weight is 497 g/mol. The maximum Gasteiger partial charge on any atom is 0.333 e. The van der Waals surface area contributed by atoms with Gasteiger partial charge < -0.3 is 18.9 Å². The molecule has 2 heterocycles. The first-order valence-corrected chi connectivity index (χ1v) is 14.3. The number of hydrogen-bond donors (Lipinski definition) is 0. The smallest absolute Gasteiger partial charge is 0.333 e. The van der Waals surface area contributed by atoms with Crippen LogP contribution in [0.25, 0.3) is 0 Å². The first kappa shape index (κ1) is 23.5. The molecule has 8 fully saturated rings. The number of hydrogen-bond acceptors (Lipinski definition) is 6. The number of carbonyl (C=O) groups excluding carboxylic acids is 2. The van der Waals surface area contributed by atoms with E-state index in [0.717, 1.165) is 47.3 Å². The van der Waals surface area contributed by atoms with Gasteiger partial charge in [-0.05, 0) is 112 Å². The van der Waals surface area contributed by atoms with E-state index < -0.39 is 0 Å². The molecular formula is C30H40O6. The van der Waals surface area contributed by atoms with Crippen LogP contribution in [0.15, 0.2) is 24.3 Å². The Bertz CT molecular complexity index is 988. The molecule has 4 bridgehead atoms. The molecule has 0 radical (unpaired) electrons. The van der Waals surface area contributed by atoms with Crippen LogP contribution in [0.1, 0.15) is 52.4 Å². The minimum atomic E-state index is -0.235. The lowest BCUT2D eigenvalue weighted by Gasteiger charge is -2.32. The highest BCUT2D eigenvalue weighted by Gasteiger charge is 2.67. The van der Waals surface area contributed by atoms with Crippen molar-refractivity contribution in [3.8, 4) is 0 Å². The Labute approximate surface area is 214 Å². The van der Waals surface area contributed by atoms with Crippen molar-refractivity contribution >= 4 is 11.9 Å². The predicted octanol–water partition coefficient (Wildman–Crippen LogP) is 4.33. The van der Waals surface area contributed by atoms with Crippen molar-refractivity contribution in [2.45, 2.75) is 76.8 Å². The molecule has 0 aromatic heterocycles. The number of rotatable bonds is 6. The highest BCUT2D eigenvalue weighted by atomic mass is 16.6. The Balaban J connectivity index is 0.000000122. The summed E-state index contributed by atoms with van der Waals surface area (Å²) in [6, 6.07) is 0. The standard InChI is InChI=1S/2C15H20O3/c1-7(2)15(16)17-6-9-3-8-4-10(9)11-5-12-14(18-12)13(8)11;1-7(2)15(16)17-6-9-3-8-4-10(9)13-11(8)5-12-14(13)18-12/h2*8-14H,1,3-6H2,2H3. The van der Waals surface area contributed by atoms with Crippen molar-refractivity contribution in [1.29, 1.82) is 0 Å². The van der Waals surface area contributed by atoms with Crippen LogP contribution in [0.4, 0.5) is 0 Å². The number of carbonyl (C=O) groups is 2. The van der Waals surface area contributed by atoms with Crippen molar-refractivity contribution in [2.24, 2.45) is 59.2 Å². The molecule has 6 nitrogen and oxygen atoms in total. The Hall–Kier alpha value is -1.66. The van der Waals surface area contributed by atoms with Gasteiger partial charge in [0.05, 0.1) is 37.6 Å². The van der Waals surface area contributed by atoms with Crippen LogP contribution in [0.2, 0.25) is 0 Å². The number of ether oxygens (including phenoxy) is 4. The highest BCUT2D eigenvalue weighted by Crippen LogP contribution is 2.67. The largest absolute Gasteiger partial charge is 0.462 e. The minimum absolute atomic E-state index is 0.230. The van der Waals surface area contributed by atoms with Gasteiger partial charge in [-0.15, -0.1) is 0 Å². The minimum Gasteiger partial charge on any atom is -0.462 e. The van der Waals surface area contributed by atoms with Gasteiger partial charge in [0.1, 0.15) is 0 Å². The summed E-state index contributed by atoms with van der Waals surface area (Å²) in [7, 11) is 0. The third-order valence-corrected chi connectivity index (χ3v) is 11.3. The van der Waals surface area contributed by atoms with Crippen LogP contribution in [0.3, 0.4) is 0 Å². The lowest BCUT2D eigenvalue weighted by atomic mass is 9.75. The van der Waals surface area contributed by atoms with Crippen molar-refractivity contribution < 1.29 is 28.5 Å². The molecular weight excluding hydrogens is 456 g/mol. The molecule has 8 aliphatic rings. The third kappa shape index (κ3) is 3.73. The van der Waals surface area contributed by atoms with Crippen LogP contribution in [-0.2, 0) is 28.5 Å². The molecule has 2 aliphatic heterocycles. The Morgan fingerprint density at radius 3 is 1.83 bits per heavy atom. The van der Waals surface area contributed by atoms with Crippen LogP contribution in [0, 0.1) is 59.2 Å². The van der Waals surface area contributed by atoms with E-state index in [4.69, 9.17) is 18.9 Å². The predicted molar refractivity (Wildman–Crippen MR) is 131 cm³/mol. The van der Waals surface area contributed by atoms with Crippen LogP contribution < -0.4 is 0 Å². The summed E-state index contributed by atoms with van der Waals surface area (Å²) < 4.78 is 22.1. The summed E-state index contributed by atoms with van der Waals surface area (Å²) in [5.41, 5.74) is 1.01. The number of epoxide rings is 2. The summed E-state index contributed by atoms with van der Waals surface area (Å²) in [5.74, 6) is 7.36. The molecule has 6 heteroatoms. The van der Waals surface area contributed by atoms with Crippen molar-refractivity contribution in [1.82, 2.24) is 0 Å². The van der Waals surface area contributed by atoms with Crippen molar-refractivity contribution in [2.75, 3.05) is 13.2 Å². The quantitative estimate of drug-likeness (QED) is 0.309. The maximum absolute atomic E-state index is 11.5. The second-order valence-corrected chi connectivity index (χ2v) is 13.3. The van der Waals surface area contributed by atoms with Crippen LogP contribution >= 0.6 is 0 Å². The molecule has 0 amide bonds. The van der Waals surface area contributed by atoms with Gasteiger partial charge >= 0.3 is 11.9 Å². The zero-order chi connectivity index (χ0) is 24.9. The van der Waals surface area contributed by atoms with Crippen LogP contribution in [0.5, 0.6) is 0 Å². The Kier molecular flexibility index (Phi) is 5.49. The average Bonchev–Trinajstić information content (AvgIpc) is 3.35. The fourth-order valence-corrected chi connectivity index (χ4v) is 9.91. The first-order valence-electron chi connectivity index (χ1n) is 14.3. The van der Waals surface area contributed by atoms with E-state index in [2.05, 4.69) is 13.2 Å². The summed E-state index contributed by atoms with van der Waals surface area (Å²) in [6.45, 7) is 11.9. The molecule has 6 saturated carbocycles.